The molecular weight excluding hydrogens is 246 g/mol. The van der Waals surface area contributed by atoms with Gasteiger partial charge in [0, 0.05) is 11.3 Å². The molecule has 96 valence electrons. The van der Waals surface area contributed by atoms with E-state index in [2.05, 4.69) is 24.0 Å². The van der Waals surface area contributed by atoms with Crippen molar-refractivity contribution in [1.29, 1.82) is 0 Å². The van der Waals surface area contributed by atoms with Gasteiger partial charge >= 0.3 is 0 Å². The Hall–Kier alpha value is -1.49. The minimum Gasteiger partial charge on any atom is -0.399 e. The fourth-order valence-electron chi connectivity index (χ4n) is 1.44. The lowest BCUT2D eigenvalue weighted by molar-refractivity contribution is 0.425. The summed E-state index contributed by atoms with van der Waals surface area (Å²) in [5.41, 5.74) is 7.26. The maximum atomic E-state index is 5.63. The van der Waals surface area contributed by atoms with Crippen LogP contribution in [0.3, 0.4) is 0 Å². The first-order chi connectivity index (χ1) is 8.65. The Balaban J connectivity index is 1.99. The maximum Gasteiger partial charge on any atom is 0.257 e. The summed E-state index contributed by atoms with van der Waals surface area (Å²) >= 11 is 1.82. The number of rotatable bonds is 5. The highest BCUT2D eigenvalue weighted by Gasteiger charge is 2.08. The number of nitrogens with zero attached hydrogens (tertiary/aromatic N) is 2. The second kappa shape index (κ2) is 5.91. The van der Waals surface area contributed by atoms with Crippen molar-refractivity contribution in [3.05, 3.63) is 30.1 Å². The zero-order valence-corrected chi connectivity index (χ0v) is 11.4. The summed E-state index contributed by atoms with van der Waals surface area (Å²) in [4.78, 5) is 4.37. The molecule has 0 aliphatic heterocycles. The Kier molecular flexibility index (Phi) is 4.25. The summed E-state index contributed by atoms with van der Waals surface area (Å²) < 4.78 is 5.23. The standard InChI is InChI=1S/C13H17N3OS/c1-9(2)7-18-8-12-15-13(17-16-12)10-3-5-11(14)6-4-10/h3-6,9H,7-8,14H2,1-2H3. The average molecular weight is 263 g/mol. The predicted octanol–water partition coefficient (Wildman–Crippen LogP) is 3.21. The third-order valence-corrected chi connectivity index (χ3v) is 3.67. The monoisotopic (exact) mass is 263 g/mol. The zero-order chi connectivity index (χ0) is 13.0. The SMILES string of the molecule is CC(C)CSCc1noc(-c2ccc(N)cc2)n1. The van der Waals surface area contributed by atoms with Crippen molar-refractivity contribution in [3.8, 4) is 11.5 Å². The Morgan fingerprint density at radius 2 is 2.00 bits per heavy atom. The Morgan fingerprint density at radius 1 is 1.28 bits per heavy atom. The molecule has 2 N–H and O–H groups in total. The molecule has 0 saturated heterocycles. The molecule has 0 atom stereocenters. The van der Waals surface area contributed by atoms with Gasteiger partial charge in [-0.05, 0) is 35.9 Å². The number of thioether (sulfide) groups is 1. The number of nitrogens with two attached hydrogens (primary N) is 1. The lowest BCUT2D eigenvalue weighted by Crippen LogP contribution is -1.92. The summed E-state index contributed by atoms with van der Waals surface area (Å²) in [5.74, 6) is 3.86. The number of benzene rings is 1. The van der Waals surface area contributed by atoms with Crippen molar-refractivity contribution in [3.63, 3.8) is 0 Å². The fraction of sp³-hybridized carbons (Fsp3) is 0.385. The van der Waals surface area contributed by atoms with E-state index in [4.69, 9.17) is 10.3 Å². The smallest absolute Gasteiger partial charge is 0.257 e. The second-order valence-electron chi connectivity index (χ2n) is 4.55. The molecule has 0 radical (unpaired) electrons. The molecule has 0 bridgehead atoms. The zero-order valence-electron chi connectivity index (χ0n) is 10.6. The van der Waals surface area contributed by atoms with Crippen molar-refractivity contribution in [2.75, 3.05) is 11.5 Å². The van der Waals surface area contributed by atoms with E-state index in [0.29, 0.717) is 11.8 Å². The molecule has 1 aromatic heterocycles. The normalized spacial score (nSPS) is 11.1. The van der Waals surface area contributed by atoms with Crippen LogP contribution >= 0.6 is 11.8 Å². The van der Waals surface area contributed by atoms with E-state index in [1.165, 1.54) is 0 Å². The molecular formula is C13H17N3OS. The molecule has 0 saturated carbocycles. The maximum absolute atomic E-state index is 5.63. The average Bonchev–Trinajstić information content (AvgIpc) is 2.78. The van der Waals surface area contributed by atoms with Crippen molar-refractivity contribution in [2.24, 2.45) is 5.92 Å². The van der Waals surface area contributed by atoms with Gasteiger partial charge in [0.15, 0.2) is 5.82 Å². The van der Waals surface area contributed by atoms with Crippen LogP contribution < -0.4 is 5.73 Å². The van der Waals surface area contributed by atoms with Crippen molar-refractivity contribution >= 4 is 17.4 Å². The quantitative estimate of drug-likeness (QED) is 0.839. The Morgan fingerprint density at radius 3 is 2.67 bits per heavy atom. The van der Waals surface area contributed by atoms with Crippen LogP contribution in [0.25, 0.3) is 11.5 Å². The van der Waals surface area contributed by atoms with Crippen LogP contribution in [0.5, 0.6) is 0 Å². The van der Waals surface area contributed by atoms with Crippen molar-refractivity contribution in [2.45, 2.75) is 19.6 Å². The molecule has 0 spiro atoms. The summed E-state index contributed by atoms with van der Waals surface area (Å²) in [5, 5.41) is 3.97. The number of anilines is 1. The van der Waals surface area contributed by atoms with Gasteiger partial charge in [-0.2, -0.15) is 16.7 Å². The molecule has 2 aromatic rings. The van der Waals surface area contributed by atoms with Gasteiger partial charge in [0.2, 0.25) is 0 Å². The molecule has 0 aliphatic rings. The molecule has 0 unspecified atom stereocenters. The van der Waals surface area contributed by atoms with Crippen LogP contribution in [0.2, 0.25) is 0 Å². The molecule has 0 fully saturated rings. The van der Waals surface area contributed by atoms with E-state index in [0.717, 1.165) is 28.6 Å². The van der Waals surface area contributed by atoms with Gasteiger partial charge in [-0.25, -0.2) is 0 Å². The van der Waals surface area contributed by atoms with Crippen LogP contribution in [-0.4, -0.2) is 15.9 Å². The number of nitrogen functional groups attached to an aromatic ring is 1. The van der Waals surface area contributed by atoms with Gasteiger partial charge in [-0.15, -0.1) is 0 Å². The van der Waals surface area contributed by atoms with Gasteiger partial charge in [-0.3, -0.25) is 0 Å². The fourth-order valence-corrected chi connectivity index (χ4v) is 2.33. The summed E-state index contributed by atoms with van der Waals surface area (Å²) in [6, 6.07) is 7.42. The minimum atomic E-state index is 0.551. The highest BCUT2D eigenvalue weighted by Crippen LogP contribution is 2.20. The Bertz CT molecular complexity index is 493. The van der Waals surface area contributed by atoms with E-state index < -0.39 is 0 Å². The van der Waals surface area contributed by atoms with E-state index >= 15 is 0 Å². The van der Waals surface area contributed by atoms with Crippen LogP contribution in [-0.2, 0) is 5.75 Å². The first kappa shape index (κ1) is 13.0. The number of hydrogen-bond donors (Lipinski definition) is 1. The van der Waals surface area contributed by atoms with Gasteiger partial charge in [0.1, 0.15) is 0 Å². The van der Waals surface area contributed by atoms with Crippen LogP contribution in [0.4, 0.5) is 5.69 Å². The number of hydrogen-bond acceptors (Lipinski definition) is 5. The second-order valence-corrected chi connectivity index (χ2v) is 5.58. The third kappa shape index (κ3) is 3.50. The summed E-state index contributed by atoms with van der Waals surface area (Å²) in [6.07, 6.45) is 0. The summed E-state index contributed by atoms with van der Waals surface area (Å²) in [7, 11) is 0. The summed E-state index contributed by atoms with van der Waals surface area (Å²) in [6.45, 7) is 4.39. The molecule has 1 aromatic carbocycles. The van der Waals surface area contributed by atoms with E-state index in [1.807, 2.05) is 36.0 Å². The molecule has 5 heteroatoms. The molecule has 18 heavy (non-hydrogen) atoms. The molecule has 1 heterocycles. The molecule has 0 aliphatic carbocycles. The highest BCUT2D eigenvalue weighted by atomic mass is 32.2. The Labute approximate surface area is 111 Å². The lowest BCUT2D eigenvalue weighted by atomic mass is 10.2. The molecule has 0 amide bonds. The van der Waals surface area contributed by atoms with Gasteiger partial charge in [-0.1, -0.05) is 19.0 Å². The van der Waals surface area contributed by atoms with Gasteiger partial charge in [0.05, 0.1) is 5.75 Å². The van der Waals surface area contributed by atoms with Gasteiger partial charge < -0.3 is 10.3 Å². The minimum absolute atomic E-state index is 0.551. The highest BCUT2D eigenvalue weighted by molar-refractivity contribution is 7.98. The predicted molar refractivity (Wildman–Crippen MR) is 75.1 cm³/mol. The van der Waals surface area contributed by atoms with Crippen molar-refractivity contribution in [1.82, 2.24) is 10.1 Å². The van der Waals surface area contributed by atoms with Crippen molar-refractivity contribution < 1.29 is 4.52 Å². The topological polar surface area (TPSA) is 64.9 Å². The van der Waals surface area contributed by atoms with Crippen LogP contribution in [0, 0.1) is 5.92 Å². The van der Waals surface area contributed by atoms with E-state index in [-0.39, 0.29) is 0 Å². The molecule has 2 rings (SSSR count). The lowest BCUT2D eigenvalue weighted by Gasteiger charge is -2.00. The third-order valence-electron chi connectivity index (χ3n) is 2.31. The molecule has 4 nitrogen and oxygen atoms in total. The first-order valence-electron chi connectivity index (χ1n) is 5.91. The first-order valence-corrected chi connectivity index (χ1v) is 7.07. The van der Waals surface area contributed by atoms with E-state index in [1.54, 1.807) is 0 Å². The largest absolute Gasteiger partial charge is 0.399 e. The van der Waals surface area contributed by atoms with Crippen LogP contribution in [0.15, 0.2) is 28.8 Å². The van der Waals surface area contributed by atoms with Crippen LogP contribution in [0.1, 0.15) is 19.7 Å². The number of aromatic nitrogens is 2. The van der Waals surface area contributed by atoms with Gasteiger partial charge in [0.25, 0.3) is 5.89 Å². The van der Waals surface area contributed by atoms with E-state index in [9.17, 15) is 0 Å².